The molecule has 4 heteroatoms. The number of nitrogens with zero attached hydrogens (tertiary/aromatic N) is 2. The normalized spacial score (nSPS) is 41.7. The molecule has 0 aromatic carbocycles. The number of aromatic nitrogens is 2. The summed E-state index contributed by atoms with van der Waals surface area (Å²) in [5.41, 5.74) is 0.466. The van der Waals surface area contributed by atoms with Crippen LogP contribution in [-0.4, -0.2) is 10.1 Å². The van der Waals surface area contributed by atoms with Crippen molar-refractivity contribution in [3.63, 3.8) is 0 Å². The number of hydrogen-bond donors (Lipinski definition) is 0. The minimum Gasteiger partial charge on any atom is -0.339 e. The number of alkyl halides is 1. The first-order valence-corrected chi connectivity index (χ1v) is 8.02. The number of rotatable bonds is 3. The van der Waals surface area contributed by atoms with Gasteiger partial charge in [-0.25, -0.2) is 0 Å². The number of hydrogen-bond acceptors (Lipinski definition) is 3. The second-order valence-corrected chi connectivity index (χ2v) is 7.91. The Morgan fingerprint density at radius 2 is 1.79 bits per heavy atom. The highest BCUT2D eigenvalue weighted by atomic mass is 35.5. The Morgan fingerprint density at radius 1 is 1.21 bits per heavy atom. The van der Waals surface area contributed by atoms with Gasteiger partial charge in [0.2, 0.25) is 5.89 Å². The molecule has 3 nitrogen and oxygen atoms in total. The summed E-state index contributed by atoms with van der Waals surface area (Å²) in [5, 5.41) is 3.84. The molecule has 0 spiro atoms. The van der Waals surface area contributed by atoms with Gasteiger partial charge in [-0.3, -0.25) is 0 Å². The van der Waals surface area contributed by atoms with Gasteiger partial charge in [-0.05, 0) is 68.6 Å². The maximum Gasteiger partial charge on any atom is 0.227 e. The lowest BCUT2D eigenvalue weighted by Gasteiger charge is -2.56. The summed E-state index contributed by atoms with van der Waals surface area (Å²) in [6.45, 7) is 1.89. The van der Waals surface area contributed by atoms with E-state index >= 15 is 0 Å². The summed E-state index contributed by atoms with van der Waals surface area (Å²) in [6.07, 6.45) is 9.56. The van der Waals surface area contributed by atoms with Crippen molar-refractivity contribution in [2.75, 3.05) is 0 Å². The van der Waals surface area contributed by atoms with Gasteiger partial charge in [0.05, 0.1) is 5.38 Å². The van der Waals surface area contributed by atoms with Gasteiger partial charge in [-0.2, -0.15) is 4.98 Å². The molecule has 1 aromatic heterocycles. The van der Waals surface area contributed by atoms with Crippen molar-refractivity contribution in [3.05, 3.63) is 11.7 Å². The summed E-state index contributed by atoms with van der Waals surface area (Å²) in [6, 6.07) is 0. The molecule has 104 valence electrons. The predicted octanol–water partition coefficient (Wildman–Crippen LogP) is 4.13. The molecule has 1 atom stereocenters. The van der Waals surface area contributed by atoms with Crippen LogP contribution < -0.4 is 0 Å². The van der Waals surface area contributed by atoms with Crippen molar-refractivity contribution in [2.45, 2.75) is 57.2 Å². The molecule has 4 aliphatic carbocycles. The van der Waals surface area contributed by atoms with Crippen LogP contribution in [0.2, 0.25) is 0 Å². The lowest BCUT2D eigenvalue weighted by Crippen LogP contribution is -2.47. The maximum atomic E-state index is 6.01. The molecular weight excluding hydrogens is 260 g/mol. The van der Waals surface area contributed by atoms with E-state index in [1.165, 1.54) is 38.5 Å². The Kier molecular flexibility index (Phi) is 2.70. The van der Waals surface area contributed by atoms with Crippen LogP contribution in [0.5, 0.6) is 0 Å². The van der Waals surface area contributed by atoms with E-state index in [0.29, 0.717) is 11.2 Å². The summed E-state index contributed by atoms with van der Waals surface area (Å²) < 4.78 is 5.42. The standard InChI is InChI=1S/C15H21ClN2O/c1-9(16)14-17-13(19-18-14)8-15-5-10-2-11(6-15)4-12(3-10)7-15/h9-12H,2-8H2,1H3. The van der Waals surface area contributed by atoms with Crippen molar-refractivity contribution >= 4 is 11.6 Å². The highest BCUT2D eigenvalue weighted by molar-refractivity contribution is 6.20. The third kappa shape index (κ3) is 2.10. The highest BCUT2D eigenvalue weighted by Crippen LogP contribution is 2.60. The second-order valence-electron chi connectivity index (χ2n) is 7.26. The summed E-state index contributed by atoms with van der Waals surface area (Å²) in [5.74, 6) is 4.37. The van der Waals surface area contributed by atoms with E-state index in [0.717, 1.165) is 30.1 Å². The minimum atomic E-state index is -0.158. The molecule has 0 N–H and O–H groups in total. The molecule has 0 saturated heterocycles. The molecule has 1 heterocycles. The summed E-state index contributed by atoms with van der Waals surface area (Å²) in [4.78, 5) is 4.48. The molecule has 0 aliphatic heterocycles. The van der Waals surface area contributed by atoms with E-state index in [2.05, 4.69) is 10.1 Å². The van der Waals surface area contributed by atoms with E-state index in [1.807, 2.05) is 6.92 Å². The highest BCUT2D eigenvalue weighted by Gasteiger charge is 2.51. The van der Waals surface area contributed by atoms with Gasteiger partial charge in [-0.1, -0.05) is 5.16 Å². The van der Waals surface area contributed by atoms with Crippen molar-refractivity contribution in [3.8, 4) is 0 Å². The zero-order valence-electron chi connectivity index (χ0n) is 11.4. The van der Waals surface area contributed by atoms with Crippen LogP contribution in [0.3, 0.4) is 0 Å². The fourth-order valence-electron chi connectivity index (χ4n) is 5.33. The average Bonchev–Trinajstić information content (AvgIpc) is 2.74. The molecule has 0 amide bonds. The molecule has 4 saturated carbocycles. The topological polar surface area (TPSA) is 38.9 Å². The van der Waals surface area contributed by atoms with Crippen LogP contribution in [0.15, 0.2) is 4.52 Å². The van der Waals surface area contributed by atoms with Gasteiger partial charge in [0.15, 0.2) is 5.82 Å². The van der Waals surface area contributed by atoms with E-state index in [4.69, 9.17) is 16.1 Å². The van der Waals surface area contributed by atoms with Crippen molar-refractivity contribution in [1.29, 1.82) is 0 Å². The summed E-state index contributed by atoms with van der Waals surface area (Å²) in [7, 11) is 0. The van der Waals surface area contributed by atoms with Gasteiger partial charge in [0.25, 0.3) is 0 Å². The van der Waals surface area contributed by atoms with Crippen LogP contribution in [0.1, 0.15) is 62.5 Å². The SMILES string of the molecule is CC(Cl)c1noc(CC23CC4CC(CC(C4)C2)C3)n1. The smallest absolute Gasteiger partial charge is 0.227 e. The van der Waals surface area contributed by atoms with E-state index in [9.17, 15) is 0 Å². The largest absolute Gasteiger partial charge is 0.339 e. The van der Waals surface area contributed by atoms with Gasteiger partial charge in [-0.15, -0.1) is 11.6 Å². The Labute approximate surface area is 119 Å². The van der Waals surface area contributed by atoms with Crippen LogP contribution in [0, 0.1) is 23.2 Å². The predicted molar refractivity (Wildman–Crippen MR) is 72.9 cm³/mol. The Bertz CT molecular complexity index is 447. The fourth-order valence-corrected chi connectivity index (χ4v) is 5.42. The average molecular weight is 281 g/mol. The zero-order valence-corrected chi connectivity index (χ0v) is 12.2. The van der Waals surface area contributed by atoms with Crippen LogP contribution in [0.25, 0.3) is 0 Å². The summed E-state index contributed by atoms with van der Waals surface area (Å²) >= 11 is 6.01. The van der Waals surface area contributed by atoms with E-state index in [-0.39, 0.29) is 5.38 Å². The molecule has 5 rings (SSSR count). The first-order valence-electron chi connectivity index (χ1n) is 7.58. The zero-order chi connectivity index (χ0) is 13.0. The Hall–Kier alpha value is -0.570. The van der Waals surface area contributed by atoms with E-state index < -0.39 is 0 Å². The molecular formula is C15H21ClN2O. The van der Waals surface area contributed by atoms with Crippen molar-refractivity contribution in [1.82, 2.24) is 10.1 Å². The minimum absolute atomic E-state index is 0.158. The van der Waals surface area contributed by atoms with Gasteiger partial charge in [0.1, 0.15) is 0 Å². The lowest BCUT2D eigenvalue weighted by atomic mass is 9.49. The molecule has 1 aromatic rings. The third-order valence-electron chi connectivity index (χ3n) is 5.53. The second kappa shape index (κ2) is 4.21. The molecule has 4 aliphatic rings. The monoisotopic (exact) mass is 280 g/mol. The van der Waals surface area contributed by atoms with Crippen LogP contribution in [-0.2, 0) is 6.42 Å². The fraction of sp³-hybridized carbons (Fsp3) is 0.867. The molecule has 4 bridgehead atoms. The van der Waals surface area contributed by atoms with Gasteiger partial charge < -0.3 is 4.52 Å². The van der Waals surface area contributed by atoms with E-state index in [1.54, 1.807) is 0 Å². The van der Waals surface area contributed by atoms with Gasteiger partial charge >= 0.3 is 0 Å². The lowest BCUT2D eigenvalue weighted by molar-refractivity contribution is -0.0556. The van der Waals surface area contributed by atoms with Gasteiger partial charge in [0, 0.05) is 6.42 Å². The molecule has 4 fully saturated rings. The van der Waals surface area contributed by atoms with Crippen molar-refractivity contribution in [2.24, 2.45) is 23.2 Å². The van der Waals surface area contributed by atoms with Crippen LogP contribution in [0.4, 0.5) is 0 Å². The molecule has 1 unspecified atom stereocenters. The Morgan fingerprint density at radius 3 is 2.26 bits per heavy atom. The quantitative estimate of drug-likeness (QED) is 0.782. The first-order chi connectivity index (χ1) is 9.12. The number of halogens is 1. The van der Waals surface area contributed by atoms with Crippen LogP contribution >= 0.6 is 11.6 Å². The molecule has 19 heavy (non-hydrogen) atoms. The first kappa shape index (κ1) is 12.2. The Balaban J connectivity index is 1.55. The maximum absolute atomic E-state index is 6.01. The third-order valence-corrected chi connectivity index (χ3v) is 5.73. The van der Waals surface area contributed by atoms with Crippen molar-refractivity contribution < 1.29 is 4.52 Å². The molecule has 0 radical (unpaired) electrons.